The van der Waals surface area contributed by atoms with Gasteiger partial charge in [0.25, 0.3) is 0 Å². The maximum absolute atomic E-state index is 11.8. The molecule has 0 saturated carbocycles. The summed E-state index contributed by atoms with van der Waals surface area (Å²) in [7, 11) is 0. The number of likely N-dealkylation sites (tertiary alicyclic amines) is 1. The molecule has 0 radical (unpaired) electrons. The van der Waals surface area contributed by atoms with Crippen molar-refractivity contribution in [3.8, 4) is 0 Å². The average molecular weight is 226 g/mol. The first kappa shape index (κ1) is 12.7. The van der Waals surface area contributed by atoms with E-state index in [9.17, 15) is 14.4 Å². The van der Waals surface area contributed by atoms with Crippen LogP contribution in [0.5, 0.6) is 0 Å². The number of ketones is 1. The summed E-state index contributed by atoms with van der Waals surface area (Å²) in [6, 6.07) is -0.526. The number of nitrogens with one attached hydrogen (secondary N) is 1. The Morgan fingerprint density at radius 2 is 2.19 bits per heavy atom. The summed E-state index contributed by atoms with van der Waals surface area (Å²) in [6.07, 6.45) is 0.911. The zero-order chi connectivity index (χ0) is 12.3. The molecular formula is C11H18N2O3. The maximum Gasteiger partial charge on any atom is 0.223 e. The Morgan fingerprint density at radius 1 is 1.56 bits per heavy atom. The van der Waals surface area contributed by atoms with Crippen molar-refractivity contribution in [2.24, 2.45) is 5.41 Å². The Kier molecular flexibility index (Phi) is 3.67. The average Bonchev–Trinajstić information content (AvgIpc) is 2.46. The van der Waals surface area contributed by atoms with Gasteiger partial charge in [0.1, 0.15) is 6.04 Å². The summed E-state index contributed by atoms with van der Waals surface area (Å²) in [4.78, 5) is 35.0. The van der Waals surface area contributed by atoms with Crippen LogP contribution in [-0.2, 0) is 14.4 Å². The molecule has 5 heteroatoms. The molecule has 0 aromatic heterocycles. The van der Waals surface area contributed by atoms with Crippen LogP contribution in [0.4, 0.5) is 0 Å². The van der Waals surface area contributed by atoms with Gasteiger partial charge in [0.15, 0.2) is 5.78 Å². The Labute approximate surface area is 95.2 Å². The highest BCUT2D eigenvalue weighted by Gasteiger charge is 2.34. The Hall–Kier alpha value is -1.39. The van der Waals surface area contributed by atoms with Gasteiger partial charge in [-0.05, 0) is 5.41 Å². The van der Waals surface area contributed by atoms with Gasteiger partial charge in [-0.15, -0.1) is 0 Å². The van der Waals surface area contributed by atoms with E-state index in [2.05, 4.69) is 5.32 Å². The second-order valence-corrected chi connectivity index (χ2v) is 5.32. The van der Waals surface area contributed by atoms with Crippen molar-refractivity contribution in [3.05, 3.63) is 0 Å². The van der Waals surface area contributed by atoms with Crippen LogP contribution in [0.3, 0.4) is 0 Å². The number of rotatable bonds is 3. The Morgan fingerprint density at radius 3 is 2.69 bits per heavy atom. The number of carbonyl (C=O) groups excluding carboxylic acids is 3. The van der Waals surface area contributed by atoms with Gasteiger partial charge in [0.2, 0.25) is 12.3 Å². The lowest BCUT2D eigenvalue weighted by Gasteiger charge is -2.22. The molecule has 5 nitrogen and oxygen atoms in total. The molecular weight excluding hydrogens is 208 g/mol. The fourth-order valence-corrected chi connectivity index (χ4v) is 1.67. The third-order valence-electron chi connectivity index (χ3n) is 2.44. The molecule has 2 amide bonds. The van der Waals surface area contributed by atoms with Crippen LogP contribution in [-0.4, -0.2) is 42.1 Å². The first-order valence-electron chi connectivity index (χ1n) is 5.33. The standard InChI is InChI=1S/C11H18N2O3/c1-11(2,3)4-10(16)13-5-8(12-7-14)9(15)6-13/h7-8H,4-6H2,1-3H3,(H,12,14). The molecule has 0 bridgehead atoms. The molecule has 1 saturated heterocycles. The lowest BCUT2D eigenvalue weighted by Crippen LogP contribution is -2.37. The van der Waals surface area contributed by atoms with E-state index in [0.717, 1.165) is 0 Å². The number of nitrogens with zero attached hydrogens (tertiary/aromatic N) is 1. The van der Waals surface area contributed by atoms with Crippen molar-refractivity contribution in [2.45, 2.75) is 33.2 Å². The van der Waals surface area contributed by atoms with Gasteiger partial charge in [0.05, 0.1) is 6.54 Å². The largest absolute Gasteiger partial charge is 0.347 e. The van der Waals surface area contributed by atoms with E-state index in [0.29, 0.717) is 19.4 Å². The summed E-state index contributed by atoms with van der Waals surface area (Å²) in [5.41, 5.74) is -0.0870. The number of hydrogen-bond donors (Lipinski definition) is 1. The fraction of sp³-hybridized carbons (Fsp3) is 0.727. The number of hydrogen-bond acceptors (Lipinski definition) is 3. The molecule has 0 aromatic carbocycles. The third-order valence-corrected chi connectivity index (χ3v) is 2.44. The van der Waals surface area contributed by atoms with Gasteiger partial charge in [-0.25, -0.2) is 0 Å². The van der Waals surface area contributed by atoms with Gasteiger partial charge >= 0.3 is 0 Å². The molecule has 0 aromatic rings. The Bertz CT molecular complexity index is 307. The van der Waals surface area contributed by atoms with Crippen LogP contribution in [0.1, 0.15) is 27.2 Å². The summed E-state index contributed by atoms with van der Waals surface area (Å²) >= 11 is 0. The minimum Gasteiger partial charge on any atom is -0.347 e. The SMILES string of the molecule is CC(C)(C)CC(=O)N1CC(=O)C(NC=O)C1. The lowest BCUT2D eigenvalue weighted by atomic mass is 9.92. The van der Waals surface area contributed by atoms with Crippen LogP contribution >= 0.6 is 0 Å². The van der Waals surface area contributed by atoms with E-state index in [-0.39, 0.29) is 23.7 Å². The van der Waals surface area contributed by atoms with E-state index in [1.54, 1.807) is 0 Å². The van der Waals surface area contributed by atoms with E-state index in [1.807, 2.05) is 20.8 Å². The second-order valence-electron chi connectivity index (χ2n) is 5.32. The molecule has 1 fully saturated rings. The highest BCUT2D eigenvalue weighted by atomic mass is 16.2. The molecule has 0 aliphatic carbocycles. The highest BCUT2D eigenvalue weighted by Crippen LogP contribution is 2.21. The minimum absolute atomic E-state index is 0.0314. The van der Waals surface area contributed by atoms with Gasteiger partial charge in [-0.3, -0.25) is 14.4 Å². The molecule has 0 spiro atoms. The quantitative estimate of drug-likeness (QED) is 0.686. The summed E-state index contributed by atoms with van der Waals surface area (Å²) in [5.74, 6) is -0.134. The van der Waals surface area contributed by atoms with E-state index in [1.165, 1.54) is 4.90 Å². The van der Waals surface area contributed by atoms with Crippen LogP contribution in [0.2, 0.25) is 0 Å². The van der Waals surface area contributed by atoms with Crippen molar-refractivity contribution in [1.82, 2.24) is 10.2 Å². The number of carbonyl (C=O) groups is 3. The van der Waals surface area contributed by atoms with E-state index < -0.39 is 6.04 Å². The van der Waals surface area contributed by atoms with E-state index in [4.69, 9.17) is 0 Å². The van der Waals surface area contributed by atoms with Crippen LogP contribution < -0.4 is 5.32 Å². The number of amides is 2. The third kappa shape index (κ3) is 3.32. The van der Waals surface area contributed by atoms with Crippen molar-refractivity contribution in [3.63, 3.8) is 0 Å². The van der Waals surface area contributed by atoms with E-state index >= 15 is 0 Å². The van der Waals surface area contributed by atoms with Crippen molar-refractivity contribution >= 4 is 18.1 Å². The van der Waals surface area contributed by atoms with Gasteiger partial charge in [0, 0.05) is 13.0 Å². The molecule has 16 heavy (non-hydrogen) atoms. The summed E-state index contributed by atoms with van der Waals surface area (Å²) in [6.45, 7) is 6.34. The summed E-state index contributed by atoms with van der Waals surface area (Å²) in [5, 5.41) is 2.42. The van der Waals surface area contributed by atoms with Gasteiger partial charge in [-0.2, -0.15) is 0 Å². The first-order chi connectivity index (χ1) is 7.33. The molecule has 1 atom stereocenters. The molecule has 1 rings (SSSR count). The molecule has 90 valence electrons. The fourth-order valence-electron chi connectivity index (χ4n) is 1.67. The predicted octanol–water partition coefficient (Wildman–Crippen LogP) is -0.0515. The topological polar surface area (TPSA) is 66.5 Å². The zero-order valence-corrected chi connectivity index (χ0v) is 9.95. The second kappa shape index (κ2) is 4.63. The van der Waals surface area contributed by atoms with Crippen LogP contribution in [0.15, 0.2) is 0 Å². The molecule has 1 N–H and O–H groups in total. The summed E-state index contributed by atoms with van der Waals surface area (Å²) < 4.78 is 0. The molecule has 1 aliphatic rings. The van der Waals surface area contributed by atoms with Crippen molar-refractivity contribution < 1.29 is 14.4 Å². The maximum atomic E-state index is 11.8. The minimum atomic E-state index is -0.526. The van der Waals surface area contributed by atoms with Crippen LogP contribution in [0, 0.1) is 5.41 Å². The van der Waals surface area contributed by atoms with Crippen molar-refractivity contribution in [1.29, 1.82) is 0 Å². The molecule has 1 unspecified atom stereocenters. The number of Topliss-reactive ketones (excluding diaryl/α,β-unsaturated/α-hetero) is 1. The van der Waals surface area contributed by atoms with Crippen LogP contribution in [0.25, 0.3) is 0 Å². The zero-order valence-electron chi connectivity index (χ0n) is 9.95. The highest BCUT2D eigenvalue weighted by molar-refractivity contribution is 5.94. The molecule has 1 heterocycles. The van der Waals surface area contributed by atoms with Gasteiger partial charge < -0.3 is 10.2 Å². The molecule has 1 aliphatic heterocycles. The first-order valence-corrected chi connectivity index (χ1v) is 5.33. The predicted molar refractivity (Wildman–Crippen MR) is 58.6 cm³/mol. The lowest BCUT2D eigenvalue weighted by molar-refractivity contribution is -0.133. The normalized spacial score (nSPS) is 21.1. The monoisotopic (exact) mass is 226 g/mol. The smallest absolute Gasteiger partial charge is 0.223 e. The van der Waals surface area contributed by atoms with Gasteiger partial charge in [-0.1, -0.05) is 20.8 Å². The Balaban J connectivity index is 2.55. The van der Waals surface area contributed by atoms with Crippen molar-refractivity contribution in [2.75, 3.05) is 13.1 Å².